The molecule has 0 aromatic heterocycles. The van der Waals surface area contributed by atoms with Crippen LogP contribution < -0.4 is 16.0 Å². The van der Waals surface area contributed by atoms with Crippen molar-refractivity contribution in [3.8, 4) is 0 Å². The van der Waals surface area contributed by atoms with Crippen LogP contribution in [-0.4, -0.2) is 43.1 Å². The van der Waals surface area contributed by atoms with E-state index in [1.807, 2.05) is 13.8 Å². The van der Waals surface area contributed by atoms with Gasteiger partial charge >= 0.3 is 0 Å². The van der Waals surface area contributed by atoms with Gasteiger partial charge in [0.05, 0.1) is 0 Å². The van der Waals surface area contributed by atoms with Gasteiger partial charge < -0.3 is 16.0 Å². The van der Waals surface area contributed by atoms with E-state index in [-0.39, 0.29) is 49.4 Å². The Hall–Kier alpha value is -2.18. The summed E-state index contributed by atoms with van der Waals surface area (Å²) in [6.07, 6.45) is 2.74. The molecule has 0 fully saturated rings. The topological polar surface area (TPSA) is 104 Å². The molecule has 7 heteroatoms. The van der Waals surface area contributed by atoms with Crippen molar-refractivity contribution in [2.24, 2.45) is 11.8 Å². The highest BCUT2D eigenvalue weighted by molar-refractivity contribution is 5.98. The highest BCUT2D eigenvalue weighted by Gasteiger charge is 2.06. The van der Waals surface area contributed by atoms with Crippen molar-refractivity contribution >= 4 is 23.5 Å². The van der Waals surface area contributed by atoms with Crippen LogP contribution in [0.3, 0.4) is 0 Å². The number of ketones is 1. The summed E-state index contributed by atoms with van der Waals surface area (Å²) in [5.41, 5.74) is 0. The van der Waals surface area contributed by atoms with Gasteiger partial charge in [-0.3, -0.25) is 19.2 Å². The van der Waals surface area contributed by atoms with Crippen molar-refractivity contribution in [2.45, 2.75) is 40.5 Å². The average molecular weight is 339 g/mol. The Morgan fingerprint density at radius 2 is 1.33 bits per heavy atom. The second-order valence-corrected chi connectivity index (χ2v) is 6.23. The van der Waals surface area contributed by atoms with Crippen LogP contribution >= 0.6 is 0 Å². The molecule has 0 aliphatic heterocycles. The highest BCUT2D eigenvalue weighted by Crippen LogP contribution is 1.94. The summed E-state index contributed by atoms with van der Waals surface area (Å²) in [6.45, 7) is 8.56. The van der Waals surface area contributed by atoms with Crippen molar-refractivity contribution in [1.29, 1.82) is 0 Å². The predicted octanol–water partition coefficient (Wildman–Crippen LogP) is 0.553. The number of carbonyl (C=O) groups excluding carboxylic acids is 4. The van der Waals surface area contributed by atoms with Crippen LogP contribution in [0.25, 0.3) is 0 Å². The number of allylic oxidation sites excluding steroid dienone is 1. The first-order valence-electron chi connectivity index (χ1n) is 8.25. The molecule has 0 spiro atoms. The molecule has 3 N–H and O–H groups in total. The second kappa shape index (κ2) is 12.3. The quantitative estimate of drug-likeness (QED) is 0.478. The van der Waals surface area contributed by atoms with E-state index in [1.54, 1.807) is 13.8 Å². The summed E-state index contributed by atoms with van der Waals surface area (Å²) < 4.78 is 0. The first kappa shape index (κ1) is 21.8. The van der Waals surface area contributed by atoms with Gasteiger partial charge in [-0.05, 0) is 12.0 Å². The van der Waals surface area contributed by atoms with E-state index in [2.05, 4.69) is 16.0 Å². The lowest BCUT2D eigenvalue weighted by molar-refractivity contribution is -0.122. The number of rotatable bonds is 11. The molecular weight excluding hydrogens is 310 g/mol. The Bertz CT molecular complexity index is 470. The van der Waals surface area contributed by atoms with E-state index in [0.717, 1.165) is 0 Å². The van der Waals surface area contributed by atoms with Crippen molar-refractivity contribution in [3.05, 3.63) is 12.2 Å². The van der Waals surface area contributed by atoms with E-state index in [1.165, 1.54) is 12.2 Å². The van der Waals surface area contributed by atoms with E-state index >= 15 is 0 Å². The second-order valence-electron chi connectivity index (χ2n) is 6.23. The molecule has 0 bridgehead atoms. The summed E-state index contributed by atoms with van der Waals surface area (Å²) in [7, 11) is 0. The van der Waals surface area contributed by atoms with Gasteiger partial charge in [-0.25, -0.2) is 0 Å². The maximum atomic E-state index is 11.6. The lowest BCUT2D eigenvalue weighted by Crippen LogP contribution is -2.34. The first-order chi connectivity index (χ1) is 11.2. The SMILES string of the molecule is CC(C)CNC(=O)CCNC(=O)CCNC(=O)/C=C\C(=O)C(C)C. The third kappa shape index (κ3) is 12.4. The Kier molecular flexibility index (Phi) is 11.2. The molecule has 0 heterocycles. The largest absolute Gasteiger partial charge is 0.356 e. The fourth-order valence-corrected chi connectivity index (χ4v) is 1.52. The van der Waals surface area contributed by atoms with Gasteiger partial charge in [0.2, 0.25) is 17.7 Å². The molecule has 0 radical (unpaired) electrons. The number of amides is 3. The van der Waals surface area contributed by atoms with Crippen LogP contribution in [0, 0.1) is 11.8 Å². The minimum absolute atomic E-state index is 0.0998. The van der Waals surface area contributed by atoms with E-state index in [0.29, 0.717) is 12.5 Å². The summed E-state index contributed by atoms with van der Waals surface area (Å²) in [4.78, 5) is 45.8. The molecule has 0 saturated carbocycles. The van der Waals surface area contributed by atoms with Gasteiger partial charge in [0.1, 0.15) is 0 Å². The smallest absolute Gasteiger partial charge is 0.244 e. The predicted molar refractivity (Wildman–Crippen MR) is 92.1 cm³/mol. The van der Waals surface area contributed by atoms with Gasteiger partial charge in [-0.1, -0.05) is 27.7 Å². The summed E-state index contributed by atoms with van der Waals surface area (Å²) in [5.74, 6) is -0.649. The van der Waals surface area contributed by atoms with Crippen LogP contribution in [0.5, 0.6) is 0 Å². The molecule has 0 atom stereocenters. The molecule has 0 aliphatic carbocycles. The summed E-state index contributed by atoms with van der Waals surface area (Å²) in [5, 5.41) is 7.90. The zero-order valence-electron chi connectivity index (χ0n) is 15.0. The number of hydrogen-bond donors (Lipinski definition) is 3. The van der Waals surface area contributed by atoms with Crippen LogP contribution in [0.15, 0.2) is 12.2 Å². The van der Waals surface area contributed by atoms with Gasteiger partial charge in [-0.15, -0.1) is 0 Å². The third-order valence-corrected chi connectivity index (χ3v) is 3.00. The third-order valence-electron chi connectivity index (χ3n) is 3.00. The monoisotopic (exact) mass is 339 g/mol. The standard InChI is InChI=1S/C17H29N3O4/c1-12(2)11-20-17(24)8-10-19-16(23)7-9-18-15(22)6-5-14(21)13(3)4/h5-6,12-13H,7-11H2,1-4H3,(H,18,22)(H,19,23)(H,20,24)/b6-5-. The molecule has 0 aromatic carbocycles. The van der Waals surface area contributed by atoms with Crippen molar-refractivity contribution in [1.82, 2.24) is 16.0 Å². The molecule has 0 aromatic rings. The van der Waals surface area contributed by atoms with Crippen molar-refractivity contribution in [3.63, 3.8) is 0 Å². The molecule has 136 valence electrons. The fourth-order valence-electron chi connectivity index (χ4n) is 1.52. The normalized spacial score (nSPS) is 10.9. The summed E-state index contributed by atoms with van der Waals surface area (Å²) in [6, 6.07) is 0. The average Bonchev–Trinajstić information content (AvgIpc) is 2.50. The minimum atomic E-state index is -0.412. The molecule has 7 nitrogen and oxygen atoms in total. The van der Waals surface area contributed by atoms with Gasteiger partial charge in [0, 0.05) is 44.5 Å². The molecule has 0 aliphatic rings. The van der Waals surface area contributed by atoms with Gasteiger partial charge in [0.15, 0.2) is 5.78 Å². The van der Waals surface area contributed by atoms with E-state index < -0.39 is 5.91 Å². The number of nitrogens with one attached hydrogen (secondary N) is 3. The van der Waals surface area contributed by atoms with E-state index in [4.69, 9.17) is 0 Å². The number of carbonyl (C=O) groups is 4. The Morgan fingerprint density at radius 1 is 0.792 bits per heavy atom. The Balaban J connectivity index is 3.78. The lowest BCUT2D eigenvalue weighted by Gasteiger charge is -2.08. The Labute approximate surface area is 143 Å². The van der Waals surface area contributed by atoms with E-state index in [9.17, 15) is 19.2 Å². The summed E-state index contributed by atoms with van der Waals surface area (Å²) >= 11 is 0. The van der Waals surface area contributed by atoms with Gasteiger partial charge in [0.25, 0.3) is 0 Å². The fraction of sp³-hybridized carbons (Fsp3) is 0.647. The van der Waals surface area contributed by atoms with Crippen molar-refractivity contribution in [2.75, 3.05) is 19.6 Å². The molecule has 3 amide bonds. The van der Waals surface area contributed by atoms with Crippen molar-refractivity contribution < 1.29 is 19.2 Å². The Morgan fingerprint density at radius 3 is 1.88 bits per heavy atom. The van der Waals surface area contributed by atoms with Crippen LogP contribution in [0.1, 0.15) is 40.5 Å². The maximum absolute atomic E-state index is 11.6. The highest BCUT2D eigenvalue weighted by atomic mass is 16.2. The van der Waals surface area contributed by atoms with Gasteiger partial charge in [-0.2, -0.15) is 0 Å². The molecule has 24 heavy (non-hydrogen) atoms. The maximum Gasteiger partial charge on any atom is 0.244 e. The minimum Gasteiger partial charge on any atom is -0.356 e. The lowest BCUT2D eigenvalue weighted by atomic mass is 10.1. The van der Waals surface area contributed by atoms with Crippen LogP contribution in [0.4, 0.5) is 0 Å². The first-order valence-corrected chi connectivity index (χ1v) is 8.25. The molecule has 0 saturated heterocycles. The zero-order chi connectivity index (χ0) is 18.5. The number of hydrogen-bond acceptors (Lipinski definition) is 4. The molecule has 0 unspecified atom stereocenters. The molecule has 0 rings (SSSR count). The van der Waals surface area contributed by atoms with Crippen LogP contribution in [0.2, 0.25) is 0 Å². The zero-order valence-corrected chi connectivity index (χ0v) is 15.0. The molecular formula is C17H29N3O4. The van der Waals surface area contributed by atoms with Crippen LogP contribution in [-0.2, 0) is 19.2 Å².